The van der Waals surface area contributed by atoms with Gasteiger partial charge >= 0.3 is 0 Å². The van der Waals surface area contributed by atoms with Gasteiger partial charge in [0.15, 0.2) is 5.96 Å². The zero-order valence-corrected chi connectivity index (χ0v) is 7.24. The van der Waals surface area contributed by atoms with Crippen molar-refractivity contribution in [2.75, 3.05) is 13.2 Å². The highest BCUT2D eigenvalue weighted by Crippen LogP contribution is 1.98. The number of aliphatic hydroxyl groups is 1. The molecule has 1 atom stereocenters. The van der Waals surface area contributed by atoms with Gasteiger partial charge < -0.3 is 22.3 Å². The van der Waals surface area contributed by atoms with Crippen molar-refractivity contribution in [1.29, 1.82) is 0 Å². The summed E-state index contributed by atoms with van der Waals surface area (Å²) in [5, 5.41) is 8.59. The van der Waals surface area contributed by atoms with E-state index < -0.39 is 0 Å². The predicted molar refractivity (Wildman–Crippen MR) is 49.6 cm³/mol. The Labute approximate surface area is 72.6 Å². The molecule has 0 fully saturated rings. The maximum atomic E-state index is 8.59. The molecule has 0 aliphatic rings. The van der Waals surface area contributed by atoms with Gasteiger partial charge in [0.1, 0.15) is 0 Å². The van der Waals surface area contributed by atoms with Crippen LogP contribution >= 0.6 is 0 Å². The third kappa shape index (κ3) is 7.30. The highest BCUT2D eigenvalue weighted by Gasteiger charge is 1.98. The normalized spacial score (nSPS) is 12.5. The second-order valence-corrected chi connectivity index (χ2v) is 2.75. The van der Waals surface area contributed by atoms with Crippen molar-refractivity contribution in [2.24, 2.45) is 22.2 Å². The summed E-state index contributed by atoms with van der Waals surface area (Å²) in [4.78, 5) is 3.82. The maximum absolute atomic E-state index is 8.59. The van der Waals surface area contributed by atoms with Crippen LogP contribution in [0, 0.1) is 0 Å². The van der Waals surface area contributed by atoms with Gasteiger partial charge in [-0.25, -0.2) is 0 Å². The van der Waals surface area contributed by atoms with Crippen molar-refractivity contribution in [3.8, 4) is 0 Å². The Bertz CT molecular complexity index is 133. The molecule has 0 amide bonds. The van der Waals surface area contributed by atoms with Gasteiger partial charge in [0.2, 0.25) is 0 Å². The largest absolute Gasteiger partial charge is 0.395 e. The molecule has 5 heteroatoms. The van der Waals surface area contributed by atoms with Crippen LogP contribution in [-0.4, -0.2) is 30.3 Å². The third-order valence-electron chi connectivity index (χ3n) is 1.51. The number of aliphatic imine (C=N–C) groups is 1. The van der Waals surface area contributed by atoms with Crippen LogP contribution in [0.15, 0.2) is 4.99 Å². The van der Waals surface area contributed by atoms with Gasteiger partial charge in [-0.15, -0.1) is 0 Å². The fraction of sp³-hybridized carbons (Fsp3) is 0.857. The van der Waals surface area contributed by atoms with Crippen LogP contribution in [0.2, 0.25) is 0 Å². The molecule has 7 N–H and O–H groups in total. The van der Waals surface area contributed by atoms with Crippen LogP contribution in [-0.2, 0) is 0 Å². The molecule has 0 aliphatic carbocycles. The number of nitrogens with two attached hydrogens (primary N) is 3. The first-order chi connectivity index (χ1) is 5.66. The SMILES string of the molecule is NC(N)=NCCCC[C@H](N)CO. The van der Waals surface area contributed by atoms with E-state index in [0.29, 0.717) is 6.54 Å². The minimum atomic E-state index is -0.107. The van der Waals surface area contributed by atoms with Crippen LogP contribution < -0.4 is 17.2 Å². The zero-order chi connectivity index (χ0) is 9.40. The van der Waals surface area contributed by atoms with E-state index in [-0.39, 0.29) is 18.6 Å². The summed E-state index contributed by atoms with van der Waals surface area (Å²) in [6.07, 6.45) is 2.67. The van der Waals surface area contributed by atoms with E-state index in [1.54, 1.807) is 0 Å². The topological polar surface area (TPSA) is 111 Å². The molecule has 0 aromatic heterocycles. The molecule has 72 valence electrons. The maximum Gasteiger partial charge on any atom is 0.185 e. The number of nitrogens with zero attached hydrogens (tertiary/aromatic N) is 1. The van der Waals surface area contributed by atoms with Crippen LogP contribution in [0.5, 0.6) is 0 Å². The van der Waals surface area contributed by atoms with Crippen molar-refractivity contribution in [3.05, 3.63) is 0 Å². The van der Waals surface area contributed by atoms with Crippen LogP contribution in [0.25, 0.3) is 0 Å². The first-order valence-electron chi connectivity index (χ1n) is 4.08. The van der Waals surface area contributed by atoms with Gasteiger partial charge in [-0.05, 0) is 19.3 Å². The van der Waals surface area contributed by atoms with Gasteiger partial charge in [-0.2, -0.15) is 0 Å². The average Bonchev–Trinajstić information content (AvgIpc) is 2.03. The molecule has 0 saturated heterocycles. The molecule has 12 heavy (non-hydrogen) atoms. The minimum Gasteiger partial charge on any atom is -0.395 e. The number of rotatable bonds is 6. The Morgan fingerprint density at radius 1 is 1.33 bits per heavy atom. The summed E-state index contributed by atoms with van der Waals surface area (Å²) in [6.45, 7) is 0.683. The van der Waals surface area contributed by atoms with Crippen LogP contribution in [0.1, 0.15) is 19.3 Å². The highest BCUT2D eigenvalue weighted by atomic mass is 16.3. The summed E-state index contributed by atoms with van der Waals surface area (Å²) < 4.78 is 0. The van der Waals surface area contributed by atoms with Crippen molar-refractivity contribution in [3.63, 3.8) is 0 Å². The van der Waals surface area contributed by atoms with E-state index in [1.807, 2.05) is 0 Å². The van der Waals surface area contributed by atoms with E-state index >= 15 is 0 Å². The molecule has 0 aromatic rings. The summed E-state index contributed by atoms with van der Waals surface area (Å²) >= 11 is 0. The fourth-order valence-electron chi connectivity index (χ4n) is 0.818. The Morgan fingerprint density at radius 3 is 2.50 bits per heavy atom. The van der Waals surface area contributed by atoms with Gasteiger partial charge in [0, 0.05) is 12.6 Å². The fourth-order valence-corrected chi connectivity index (χ4v) is 0.818. The van der Waals surface area contributed by atoms with E-state index in [4.69, 9.17) is 22.3 Å². The average molecular weight is 174 g/mol. The molecule has 0 aromatic carbocycles. The number of guanidine groups is 1. The predicted octanol–water partition coefficient (Wildman–Crippen LogP) is -1.25. The molecule has 0 spiro atoms. The zero-order valence-electron chi connectivity index (χ0n) is 7.24. The lowest BCUT2D eigenvalue weighted by molar-refractivity contribution is 0.258. The molecule has 0 unspecified atom stereocenters. The Morgan fingerprint density at radius 2 is 2.00 bits per heavy atom. The van der Waals surface area contributed by atoms with E-state index in [0.717, 1.165) is 19.3 Å². The molecule has 0 heterocycles. The molecular weight excluding hydrogens is 156 g/mol. The molecule has 0 aliphatic heterocycles. The quantitative estimate of drug-likeness (QED) is 0.229. The summed E-state index contributed by atoms with van der Waals surface area (Å²) in [5.41, 5.74) is 15.7. The second-order valence-electron chi connectivity index (χ2n) is 2.75. The second kappa shape index (κ2) is 6.87. The summed E-state index contributed by atoms with van der Waals surface area (Å²) in [6, 6.07) is -0.107. The Hall–Kier alpha value is -0.810. The first kappa shape index (κ1) is 11.2. The molecule has 5 nitrogen and oxygen atoms in total. The summed E-state index contributed by atoms with van der Waals surface area (Å²) in [7, 11) is 0. The minimum absolute atomic E-state index is 0.0439. The van der Waals surface area contributed by atoms with E-state index in [9.17, 15) is 0 Å². The Kier molecular flexibility index (Phi) is 6.41. The van der Waals surface area contributed by atoms with Crippen LogP contribution in [0.3, 0.4) is 0 Å². The highest BCUT2D eigenvalue weighted by molar-refractivity contribution is 5.75. The number of hydrogen-bond donors (Lipinski definition) is 4. The first-order valence-corrected chi connectivity index (χ1v) is 4.08. The lowest BCUT2D eigenvalue weighted by atomic mass is 10.1. The lowest BCUT2D eigenvalue weighted by Crippen LogP contribution is -2.24. The molecule has 0 radical (unpaired) electrons. The van der Waals surface area contributed by atoms with Gasteiger partial charge in [0.05, 0.1) is 6.61 Å². The molecule has 0 rings (SSSR count). The standard InChI is InChI=1S/C7H18N4O/c8-6(5-12)3-1-2-4-11-7(9)10/h6,12H,1-5,8H2,(H4,9,10,11)/t6-/m0/s1. The number of aliphatic hydroxyl groups excluding tert-OH is 1. The van der Waals surface area contributed by atoms with Crippen molar-refractivity contribution in [2.45, 2.75) is 25.3 Å². The number of unbranched alkanes of at least 4 members (excludes halogenated alkanes) is 1. The van der Waals surface area contributed by atoms with Gasteiger partial charge in [0.25, 0.3) is 0 Å². The molecule has 0 saturated carbocycles. The Balaban J connectivity index is 3.16. The van der Waals surface area contributed by atoms with Crippen molar-refractivity contribution in [1.82, 2.24) is 0 Å². The van der Waals surface area contributed by atoms with E-state index in [1.165, 1.54) is 0 Å². The van der Waals surface area contributed by atoms with E-state index in [2.05, 4.69) is 4.99 Å². The summed E-state index contributed by atoms with van der Waals surface area (Å²) in [5.74, 6) is 0.126. The third-order valence-corrected chi connectivity index (χ3v) is 1.51. The molecular formula is C7H18N4O. The lowest BCUT2D eigenvalue weighted by Gasteiger charge is -2.05. The van der Waals surface area contributed by atoms with Crippen molar-refractivity contribution >= 4 is 5.96 Å². The molecule has 0 bridgehead atoms. The van der Waals surface area contributed by atoms with Crippen molar-refractivity contribution < 1.29 is 5.11 Å². The smallest absolute Gasteiger partial charge is 0.185 e. The number of hydrogen-bond acceptors (Lipinski definition) is 3. The van der Waals surface area contributed by atoms with Crippen LogP contribution in [0.4, 0.5) is 0 Å². The van der Waals surface area contributed by atoms with Gasteiger partial charge in [-0.3, -0.25) is 4.99 Å². The van der Waals surface area contributed by atoms with Gasteiger partial charge in [-0.1, -0.05) is 0 Å². The monoisotopic (exact) mass is 174 g/mol.